The molecule has 0 aliphatic carbocycles. The van der Waals surface area contributed by atoms with Gasteiger partial charge in [-0.3, -0.25) is 4.79 Å². The first kappa shape index (κ1) is 21.0. The molecule has 1 amide bonds. The topological polar surface area (TPSA) is 88.5 Å². The summed E-state index contributed by atoms with van der Waals surface area (Å²) in [5.74, 6) is 1.30. The molecule has 1 fully saturated rings. The fourth-order valence-electron chi connectivity index (χ4n) is 3.70. The average molecular weight is 401 g/mol. The number of aryl methyl sites for hydroxylation is 1. The van der Waals surface area contributed by atoms with Crippen molar-refractivity contribution in [3.8, 4) is 17.2 Å². The quantitative estimate of drug-likeness (QED) is 0.740. The molecule has 3 rings (SSSR count). The van der Waals surface area contributed by atoms with Crippen LogP contribution in [0, 0.1) is 0 Å². The van der Waals surface area contributed by atoms with E-state index in [9.17, 15) is 15.0 Å². The Labute approximate surface area is 170 Å². The fourth-order valence-corrected chi connectivity index (χ4v) is 3.70. The number of benzene rings is 2. The molecule has 2 N–H and O–H groups in total. The molecule has 1 saturated heterocycles. The van der Waals surface area contributed by atoms with Gasteiger partial charge in [-0.05, 0) is 41.8 Å². The van der Waals surface area contributed by atoms with Crippen LogP contribution in [0.5, 0.6) is 17.2 Å². The van der Waals surface area contributed by atoms with Crippen LogP contribution in [0.1, 0.15) is 23.6 Å². The zero-order chi connectivity index (χ0) is 20.8. The number of aromatic hydroxyl groups is 1. The number of aliphatic hydroxyl groups is 1. The lowest BCUT2D eigenvalue weighted by atomic mass is 9.97. The number of phenolic OH excluding ortho intramolecular Hbond substituents is 1. The van der Waals surface area contributed by atoms with E-state index in [1.165, 1.54) is 0 Å². The van der Waals surface area contributed by atoms with E-state index in [4.69, 9.17) is 14.2 Å². The lowest BCUT2D eigenvalue weighted by molar-refractivity contribution is -0.149. The Morgan fingerprint density at radius 3 is 2.66 bits per heavy atom. The first-order valence-corrected chi connectivity index (χ1v) is 9.59. The number of nitrogens with zero attached hydrogens (tertiary/aromatic N) is 1. The maximum absolute atomic E-state index is 13.0. The van der Waals surface area contributed by atoms with Gasteiger partial charge >= 0.3 is 0 Å². The number of aliphatic hydroxyl groups excluding tert-OH is 1. The Balaban J connectivity index is 1.82. The number of ether oxygens (including phenoxy) is 3. The predicted molar refractivity (Wildman–Crippen MR) is 107 cm³/mol. The van der Waals surface area contributed by atoms with E-state index < -0.39 is 12.1 Å². The smallest absolute Gasteiger partial charge is 0.223 e. The number of carbonyl (C=O) groups is 1. The summed E-state index contributed by atoms with van der Waals surface area (Å²) in [6, 6.07) is 11.9. The summed E-state index contributed by atoms with van der Waals surface area (Å²) < 4.78 is 16.4. The predicted octanol–water partition coefficient (Wildman–Crippen LogP) is 2.30. The lowest BCUT2D eigenvalue weighted by Gasteiger charge is -2.41. The molecule has 1 aliphatic rings. The van der Waals surface area contributed by atoms with Gasteiger partial charge in [0.1, 0.15) is 11.9 Å². The van der Waals surface area contributed by atoms with Crippen molar-refractivity contribution in [2.75, 3.05) is 34.0 Å². The summed E-state index contributed by atoms with van der Waals surface area (Å²) in [5.41, 5.74) is 1.71. The maximum atomic E-state index is 13.0. The van der Waals surface area contributed by atoms with Gasteiger partial charge in [0.05, 0.1) is 33.5 Å². The van der Waals surface area contributed by atoms with Gasteiger partial charge in [0.15, 0.2) is 11.5 Å². The Morgan fingerprint density at radius 2 is 1.97 bits per heavy atom. The van der Waals surface area contributed by atoms with Gasteiger partial charge in [0.25, 0.3) is 0 Å². The number of rotatable bonds is 7. The van der Waals surface area contributed by atoms with E-state index in [0.717, 1.165) is 11.1 Å². The molecule has 2 atom stereocenters. The van der Waals surface area contributed by atoms with Gasteiger partial charge in [0.2, 0.25) is 5.91 Å². The minimum Gasteiger partial charge on any atom is -0.508 e. The van der Waals surface area contributed by atoms with Crippen LogP contribution < -0.4 is 9.47 Å². The molecule has 2 aromatic carbocycles. The number of hydrogen-bond donors (Lipinski definition) is 2. The van der Waals surface area contributed by atoms with Crippen LogP contribution in [0.3, 0.4) is 0 Å². The second-order valence-corrected chi connectivity index (χ2v) is 6.91. The molecule has 0 bridgehead atoms. The van der Waals surface area contributed by atoms with Gasteiger partial charge in [-0.1, -0.05) is 18.2 Å². The normalized spacial score (nSPS) is 19.1. The molecule has 2 unspecified atom stereocenters. The summed E-state index contributed by atoms with van der Waals surface area (Å²) in [6.45, 7) is 0.608. The van der Waals surface area contributed by atoms with Crippen molar-refractivity contribution in [3.63, 3.8) is 0 Å². The first-order chi connectivity index (χ1) is 14.1. The van der Waals surface area contributed by atoms with Crippen molar-refractivity contribution < 1.29 is 29.2 Å². The summed E-state index contributed by atoms with van der Waals surface area (Å²) in [7, 11) is 3.12. The van der Waals surface area contributed by atoms with Crippen LogP contribution in [0.15, 0.2) is 42.5 Å². The van der Waals surface area contributed by atoms with Crippen LogP contribution in [0.25, 0.3) is 0 Å². The maximum Gasteiger partial charge on any atom is 0.223 e. The molecule has 1 heterocycles. The molecule has 7 nitrogen and oxygen atoms in total. The van der Waals surface area contributed by atoms with E-state index in [2.05, 4.69) is 0 Å². The molecule has 0 saturated carbocycles. The SMILES string of the molecule is COc1ccc(C2C(CO)OCCN2C(=O)CCc2cccc(O)c2)cc1OC. The second kappa shape index (κ2) is 9.62. The third kappa shape index (κ3) is 4.81. The molecule has 156 valence electrons. The minimum absolute atomic E-state index is 0.0325. The van der Waals surface area contributed by atoms with Crippen LogP contribution in [-0.4, -0.2) is 61.1 Å². The highest BCUT2D eigenvalue weighted by Gasteiger charge is 2.36. The van der Waals surface area contributed by atoms with E-state index in [1.807, 2.05) is 18.2 Å². The average Bonchev–Trinajstić information content (AvgIpc) is 2.76. The molecule has 2 aromatic rings. The number of amides is 1. The Morgan fingerprint density at radius 1 is 1.17 bits per heavy atom. The molecular formula is C22H27NO6. The largest absolute Gasteiger partial charge is 0.508 e. The highest BCUT2D eigenvalue weighted by molar-refractivity contribution is 5.77. The molecule has 1 aliphatic heterocycles. The number of phenols is 1. The van der Waals surface area contributed by atoms with E-state index in [0.29, 0.717) is 37.5 Å². The highest BCUT2D eigenvalue weighted by Crippen LogP contribution is 2.36. The molecule has 0 aromatic heterocycles. The number of hydrogen-bond acceptors (Lipinski definition) is 6. The van der Waals surface area contributed by atoms with E-state index in [1.54, 1.807) is 43.4 Å². The van der Waals surface area contributed by atoms with Crippen molar-refractivity contribution in [2.24, 2.45) is 0 Å². The molecule has 29 heavy (non-hydrogen) atoms. The Hall–Kier alpha value is -2.77. The van der Waals surface area contributed by atoms with Crippen LogP contribution in [0.2, 0.25) is 0 Å². The summed E-state index contributed by atoms with van der Waals surface area (Å²) in [5, 5.41) is 19.5. The van der Waals surface area contributed by atoms with E-state index in [-0.39, 0.29) is 18.3 Å². The first-order valence-electron chi connectivity index (χ1n) is 9.59. The standard InChI is InChI=1S/C22H27NO6/c1-27-18-8-7-16(13-19(18)28-2)22-20(14-24)29-11-10-23(22)21(26)9-6-15-4-3-5-17(25)12-15/h3-5,7-8,12-13,20,22,24-25H,6,9-11,14H2,1-2H3. The molecular weight excluding hydrogens is 374 g/mol. The second-order valence-electron chi connectivity index (χ2n) is 6.91. The van der Waals surface area contributed by atoms with Crippen LogP contribution >= 0.6 is 0 Å². The summed E-state index contributed by atoms with van der Waals surface area (Å²) in [6.07, 6.45) is 0.296. The summed E-state index contributed by atoms with van der Waals surface area (Å²) in [4.78, 5) is 14.8. The third-order valence-corrected chi connectivity index (χ3v) is 5.14. The molecule has 7 heteroatoms. The van der Waals surface area contributed by atoms with Gasteiger partial charge in [-0.2, -0.15) is 0 Å². The van der Waals surface area contributed by atoms with Crippen LogP contribution in [0.4, 0.5) is 0 Å². The number of carbonyl (C=O) groups excluding carboxylic acids is 1. The highest BCUT2D eigenvalue weighted by atomic mass is 16.5. The minimum atomic E-state index is -0.522. The van der Waals surface area contributed by atoms with Crippen LogP contribution in [-0.2, 0) is 16.0 Å². The third-order valence-electron chi connectivity index (χ3n) is 5.14. The van der Waals surface area contributed by atoms with Gasteiger partial charge < -0.3 is 29.3 Å². The monoisotopic (exact) mass is 401 g/mol. The van der Waals surface area contributed by atoms with Gasteiger partial charge in [-0.25, -0.2) is 0 Å². The molecule has 0 radical (unpaired) electrons. The Kier molecular flexibility index (Phi) is 6.95. The fraction of sp³-hybridized carbons (Fsp3) is 0.409. The lowest BCUT2D eigenvalue weighted by Crippen LogP contribution is -2.49. The molecule has 0 spiro atoms. The van der Waals surface area contributed by atoms with Crippen molar-refractivity contribution >= 4 is 5.91 Å². The Bertz CT molecular complexity index is 840. The zero-order valence-corrected chi connectivity index (χ0v) is 16.7. The van der Waals surface area contributed by atoms with Crippen molar-refractivity contribution in [3.05, 3.63) is 53.6 Å². The zero-order valence-electron chi connectivity index (χ0n) is 16.7. The van der Waals surface area contributed by atoms with E-state index >= 15 is 0 Å². The van der Waals surface area contributed by atoms with Crippen molar-refractivity contribution in [2.45, 2.75) is 25.0 Å². The van der Waals surface area contributed by atoms with Gasteiger partial charge in [-0.15, -0.1) is 0 Å². The summed E-state index contributed by atoms with van der Waals surface area (Å²) >= 11 is 0. The number of morpholine rings is 1. The van der Waals surface area contributed by atoms with Gasteiger partial charge in [0, 0.05) is 13.0 Å². The van der Waals surface area contributed by atoms with Crippen molar-refractivity contribution in [1.82, 2.24) is 4.90 Å². The van der Waals surface area contributed by atoms with Crippen molar-refractivity contribution in [1.29, 1.82) is 0 Å². The number of methoxy groups -OCH3 is 2.